The van der Waals surface area contributed by atoms with Gasteiger partial charge in [-0.15, -0.1) is 0 Å². The highest BCUT2D eigenvalue weighted by atomic mass is 16.1. The van der Waals surface area contributed by atoms with Crippen LogP contribution in [0.3, 0.4) is 0 Å². The molecule has 0 saturated heterocycles. The second-order valence-corrected chi connectivity index (χ2v) is 7.64. The summed E-state index contributed by atoms with van der Waals surface area (Å²) in [5.74, 6) is 0.401. The predicted molar refractivity (Wildman–Crippen MR) is 117 cm³/mol. The van der Waals surface area contributed by atoms with E-state index >= 15 is 0 Å². The first-order valence-electron chi connectivity index (χ1n) is 10.4. The molecule has 144 valence electrons. The number of Topliss-reactive ketones (excluding diaryl/α,β-unsaturated/α-hetero) is 1. The summed E-state index contributed by atoms with van der Waals surface area (Å²) in [6.07, 6.45) is 5.76. The first-order chi connectivity index (χ1) is 13.0. The first-order valence-corrected chi connectivity index (χ1v) is 10.4. The zero-order valence-electron chi connectivity index (χ0n) is 17.6. The lowest BCUT2D eigenvalue weighted by atomic mass is 9.83. The summed E-state index contributed by atoms with van der Waals surface area (Å²) in [6, 6.07) is 16.7. The third kappa shape index (κ3) is 5.66. The molecule has 0 aromatic heterocycles. The summed E-state index contributed by atoms with van der Waals surface area (Å²) in [5, 5.41) is 0. The van der Waals surface area contributed by atoms with E-state index in [1.165, 1.54) is 41.5 Å². The minimum Gasteiger partial charge on any atom is -0.294 e. The molecule has 0 heterocycles. The van der Waals surface area contributed by atoms with E-state index in [1.54, 1.807) is 0 Å². The summed E-state index contributed by atoms with van der Waals surface area (Å²) >= 11 is 0. The maximum absolute atomic E-state index is 12.4. The van der Waals surface area contributed by atoms with Crippen LogP contribution < -0.4 is 0 Å². The second-order valence-electron chi connectivity index (χ2n) is 7.64. The monoisotopic (exact) mass is 362 g/mol. The normalized spacial score (nSPS) is 13.9. The minimum atomic E-state index is 0.116. The number of rotatable bonds is 5. The van der Waals surface area contributed by atoms with Gasteiger partial charge in [0.05, 0.1) is 0 Å². The topological polar surface area (TPSA) is 17.1 Å². The Kier molecular flexibility index (Phi) is 8.03. The molecule has 0 N–H and O–H groups in total. The second kappa shape index (κ2) is 10.3. The van der Waals surface area contributed by atoms with Gasteiger partial charge >= 0.3 is 0 Å². The van der Waals surface area contributed by atoms with Crippen molar-refractivity contribution in [1.29, 1.82) is 0 Å². The van der Waals surface area contributed by atoms with Gasteiger partial charge in [-0.25, -0.2) is 0 Å². The zero-order valence-corrected chi connectivity index (χ0v) is 17.6. The Morgan fingerprint density at radius 3 is 2.04 bits per heavy atom. The number of hydrogen-bond donors (Lipinski definition) is 0. The van der Waals surface area contributed by atoms with Crippen LogP contribution in [0.4, 0.5) is 0 Å². The van der Waals surface area contributed by atoms with E-state index in [4.69, 9.17) is 0 Å². The maximum atomic E-state index is 12.4. The maximum Gasteiger partial charge on any atom is 0.166 e. The van der Waals surface area contributed by atoms with Crippen LogP contribution in [-0.2, 0) is 6.42 Å². The van der Waals surface area contributed by atoms with Crippen LogP contribution in [0.2, 0.25) is 0 Å². The average molecular weight is 363 g/mol. The molecule has 0 spiro atoms. The van der Waals surface area contributed by atoms with Gasteiger partial charge in [-0.3, -0.25) is 4.79 Å². The lowest BCUT2D eigenvalue weighted by Gasteiger charge is -2.22. The summed E-state index contributed by atoms with van der Waals surface area (Å²) < 4.78 is 0. The fourth-order valence-electron chi connectivity index (χ4n) is 3.22. The molecule has 1 saturated carbocycles. The van der Waals surface area contributed by atoms with Crippen molar-refractivity contribution in [3.63, 3.8) is 0 Å². The smallest absolute Gasteiger partial charge is 0.166 e. The molecule has 1 heteroatoms. The highest BCUT2D eigenvalue weighted by Crippen LogP contribution is 2.34. The fourth-order valence-corrected chi connectivity index (χ4v) is 3.22. The Bertz CT molecular complexity index is 774. The molecule has 3 rings (SSSR count). The van der Waals surface area contributed by atoms with Crippen molar-refractivity contribution in [2.75, 3.05) is 0 Å². The summed E-state index contributed by atoms with van der Waals surface area (Å²) in [7, 11) is 0. The number of allylic oxidation sites excluding steroid dienone is 2. The van der Waals surface area contributed by atoms with Crippen LogP contribution >= 0.6 is 0 Å². The Hall–Kier alpha value is -2.15. The van der Waals surface area contributed by atoms with Gasteiger partial charge in [-0.2, -0.15) is 0 Å². The number of ketones is 1. The number of hydrogen-bond acceptors (Lipinski definition) is 1. The van der Waals surface area contributed by atoms with Gasteiger partial charge in [-0.1, -0.05) is 80.4 Å². The number of aryl methyl sites for hydroxylation is 2. The van der Waals surface area contributed by atoms with Crippen LogP contribution in [0.5, 0.6) is 0 Å². The number of carbonyl (C=O) groups excluding carboxylic acids is 1. The van der Waals surface area contributed by atoms with Crippen molar-refractivity contribution in [1.82, 2.24) is 0 Å². The van der Waals surface area contributed by atoms with Crippen molar-refractivity contribution in [2.24, 2.45) is 5.92 Å². The first kappa shape index (κ1) is 21.2. The van der Waals surface area contributed by atoms with Crippen LogP contribution in [0.15, 0.2) is 54.1 Å². The lowest BCUT2D eigenvalue weighted by Crippen LogP contribution is -2.13. The van der Waals surface area contributed by atoms with E-state index < -0.39 is 0 Å². The summed E-state index contributed by atoms with van der Waals surface area (Å²) in [4.78, 5) is 12.4. The molecule has 1 aliphatic rings. The fraction of sp³-hybridized carbons (Fsp3) is 0.423. The number of benzene rings is 2. The van der Waals surface area contributed by atoms with Gasteiger partial charge in [-0.05, 0) is 62.7 Å². The van der Waals surface area contributed by atoms with Gasteiger partial charge in [0.2, 0.25) is 0 Å². The van der Waals surface area contributed by atoms with Crippen molar-refractivity contribution in [2.45, 2.75) is 66.7 Å². The van der Waals surface area contributed by atoms with E-state index in [0.29, 0.717) is 0 Å². The van der Waals surface area contributed by atoms with Crippen molar-refractivity contribution in [3.8, 4) is 0 Å². The molecule has 0 radical (unpaired) electrons. The molecule has 27 heavy (non-hydrogen) atoms. The molecule has 2 aromatic rings. The Morgan fingerprint density at radius 1 is 0.963 bits per heavy atom. The minimum absolute atomic E-state index is 0.116. The summed E-state index contributed by atoms with van der Waals surface area (Å²) in [5.41, 5.74) is 7.67. The quantitative estimate of drug-likeness (QED) is 0.505. The third-order valence-corrected chi connectivity index (χ3v) is 5.67. The summed E-state index contributed by atoms with van der Waals surface area (Å²) in [6.45, 7) is 10.5. The molecule has 1 nitrogen and oxygen atoms in total. The molecule has 1 unspecified atom stereocenters. The van der Waals surface area contributed by atoms with E-state index in [-0.39, 0.29) is 11.7 Å². The van der Waals surface area contributed by atoms with Crippen molar-refractivity contribution < 1.29 is 4.79 Å². The Morgan fingerprint density at radius 2 is 1.56 bits per heavy atom. The van der Waals surface area contributed by atoms with E-state index in [1.807, 2.05) is 25.1 Å². The molecular formula is C26H34O. The lowest BCUT2D eigenvalue weighted by molar-refractivity contribution is 0.0927. The van der Waals surface area contributed by atoms with Gasteiger partial charge in [0.1, 0.15) is 0 Å². The van der Waals surface area contributed by atoms with Gasteiger partial charge < -0.3 is 0 Å². The highest BCUT2D eigenvalue weighted by molar-refractivity contribution is 6.02. The molecular weight excluding hydrogens is 328 g/mol. The van der Waals surface area contributed by atoms with Crippen LogP contribution in [0.25, 0.3) is 5.57 Å². The molecule has 2 aromatic carbocycles. The Balaban J connectivity index is 0.000000244. The third-order valence-electron chi connectivity index (χ3n) is 5.67. The highest BCUT2D eigenvalue weighted by Gasteiger charge is 2.20. The molecule has 0 amide bonds. The van der Waals surface area contributed by atoms with E-state index in [2.05, 4.69) is 58.0 Å². The average Bonchev–Trinajstić information content (AvgIpc) is 2.66. The van der Waals surface area contributed by atoms with Gasteiger partial charge in [0, 0.05) is 11.5 Å². The van der Waals surface area contributed by atoms with Gasteiger partial charge in [0.15, 0.2) is 5.78 Å². The molecule has 1 fully saturated rings. The van der Waals surface area contributed by atoms with Crippen LogP contribution in [-0.4, -0.2) is 5.78 Å². The predicted octanol–water partition coefficient (Wildman–Crippen LogP) is 7.43. The molecule has 0 bridgehead atoms. The van der Waals surface area contributed by atoms with E-state index in [9.17, 15) is 4.79 Å². The SMILES string of the molecule is CCC(C)C(=O)c1ccccc1C(C)=C1CCC1.CCc1ccc(C)cc1. The largest absolute Gasteiger partial charge is 0.294 e. The van der Waals surface area contributed by atoms with Crippen LogP contribution in [0.1, 0.15) is 80.4 Å². The van der Waals surface area contributed by atoms with Crippen molar-refractivity contribution in [3.05, 3.63) is 76.4 Å². The van der Waals surface area contributed by atoms with Crippen LogP contribution in [0, 0.1) is 12.8 Å². The van der Waals surface area contributed by atoms with Gasteiger partial charge in [0.25, 0.3) is 0 Å². The standard InChI is InChI=1S/C17H22O.C9H12/c1-4-12(2)17(18)16-11-6-5-10-15(16)13(3)14-8-7-9-14;1-3-9-6-4-8(2)5-7-9/h5-6,10-12H,4,7-9H2,1-3H3;4-7H,3H2,1-2H3. The van der Waals surface area contributed by atoms with Crippen molar-refractivity contribution >= 4 is 11.4 Å². The molecule has 0 aliphatic heterocycles. The van der Waals surface area contributed by atoms with E-state index in [0.717, 1.165) is 24.0 Å². The molecule has 1 atom stereocenters. The Labute approximate surface area is 165 Å². The number of carbonyl (C=O) groups is 1. The zero-order chi connectivity index (χ0) is 19.8. The molecule has 1 aliphatic carbocycles.